The molecule has 0 saturated heterocycles. The van der Waals surface area contributed by atoms with Crippen LogP contribution in [0.15, 0.2) is 0 Å². The van der Waals surface area contributed by atoms with Crippen LogP contribution in [-0.4, -0.2) is 34.8 Å². The summed E-state index contributed by atoms with van der Waals surface area (Å²) in [6, 6.07) is 0. The summed E-state index contributed by atoms with van der Waals surface area (Å²) in [4.78, 5) is 0. The molecule has 3 heteroatoms. The van der Waals surface area contributed by atoms with Crippen LogP contribution in [0.1, 0.15) is 53.9 Å². The SMILES string of the molecule is CCCNC(C)(CO)CCCSC(C)C(C)C. The Morgan fingerprint density at radius 2 is 1.94 bits per heavy atom. The quantitative estimate of drug-likeness (QED) is 0.592. The molecule has 0 rings (SSSR count). The second kappa shape index (κ2) is 9.23. The lowest BCUT2D eigenvalue weighted by Gasteiger charge is -2.29. The number of nitrogens with one attached hydrogen (secondary N) is 1. The van der Waals surface area contributed by atoms with Gasteiger partial charge in [-0.25, -0.2) is 0 Å². The maximum atomic E-state index is 9.44. The lowest BCUT2D eigenvalue weighted by atomic mass is 9.97. The topological polar surface area (TPSA) is 32.3 Å². The van der Waals surface area contributed by atoms with E-state index in [9.17, 15) is 5.11 Å². The first-order valence-corrected chi connectivity index (χ1v) is 7.97. The lowest BCUT2D eigenvalue weighted by molar-refractivity contribution is 0.165. The van der Waals surface area contributed by atoms with Gasteiger partial charge in [-0.3, -0.25) is 0 Å². The maximum absolute atomic E-state index is 9.44. The summed E-state index contributed by atoms with van der Waals surface area (Å²) in [7, 11) is 0. The molecule has 0 aromatic carbocycles. The average Bonchev–Trinajstić information content (AvgIpc) is 2.31. The summed E-state index contributed by atoms with van der Waals surface area (Å²) in [6.07, 6.45) is 3.35. The fourth-order valence-corrected chi connectivity index (χ4v) is 2.64. The second-order valence-corrected chi connectivity index (χ2v) is 7.05. The number of hydrogen-bond donors (Lipinski definition) is 2. The Labute approximate surface area is 112 Å². The monoisotopic (exact) mass is 261 g/mol. The molecule has 0 aromatic rings. The molecule has 104 valence electrons. The Balaban J connectivity index is 3.76. The van der Waals surface area contributed by atoms with Gasteiger partial charge in [-0.15, -0.1) is 0 Å². The van der Waals surface area contributed by atoms with Gasteiger partial charge in [0.25, 0.3) is 0 Å². The number of aliphatic hydroxyl groups excluding tert-OH is 1. The first kappa shape index (κ1) is 17.3. The van der Waals surface area contributed by atoms with E-state index in [-0.39, 0.29) is 12.1 Å². The summed E-state index contributed by atoms with van der Waals surface area (Å²) in [5.74, 6) is 1.95. The molecule has 17 heavy (non-hydrogen) atoms. The molecule has 0 saturated carbocycles. The minimum Gasteiger partial charge on any atom is -0.394 e. The van der Waals surface area contributed by atoms with Crippen molar-refractivity contribution in [3.63, 3.8) is 0 Å². The van der Waals surface area contributed by atoms with Crippen LogP contribution in [0.3, 0.4) is 0 Å². The Morgan fingerprint density at radius 1 is 1.29 bits per heavy atom. The summed E-state index contributed by atoms with van der Waals surface area (Å²) in [5, 5.41) is 13.6. The molecule has 0 aliphatic heterocycles. The molecule has 0 aromatic heterocycles. The molecule has 0 aliphatic rings. The van der Waals surface area contributed by atoms with Crippen molar-refractivity contribution in [3.8, 4) is 0 Å². The minimum atomic E-state index is -0.0857. The molecule has 0 amide bonds. The summed E-state index contributed by atoms with van der Waals surface area (Å²) < 4.78 is 0. The third-order valence-corrected chi connectivity index (χ3v) is 4.94. The first-order chi connectivity index (χ1) is 7.95. The molecule has 0 bridgehead atoms. The molecule has 0 aliphatic carbocycles. The van der Waals surface area contributed by atoms with Crippen molar-refractivity contribution in [1.82, 2.24) is 5.32 Å². The van der Waals surface area contributed by atoms with Crippen molar-refractivity contribution >= 4 is 11.8 Å². The molecule has 2 atom stereocenters. The molecule has 2 N–H and O–H groups in total. The van der Waals surface area contributed by atoms with Crippen molar-refractivity contribution in [2.75, 3.05) is 18.9 Å². The largest absolute Gasteiger partial charge is 0.394 e. The van der Waals surface area contributed by atoms with Crippen LogP contribution in [0, 0.1) is 5.92 Å². The predicted molar refractivity (Wildman–Crippen MR) is 79.8 cm³/mol. The van der Waals surface area contributed by atoms with Gasteiger partial charge in [0.2, 0.25) is 0 Å². The number of aliphatic hydroxyl groups is 1. The summed E-state index contributed by atoms with van der Waals surface area (Å²) >= 11 is 2.05. The van der Waals surface area contributed by atoms with E-state index in [0.29, 0.717) is 0 Å². The van der Waals surface area contributed by atoms with Gasteiger partial charge in [-0.1, -0.05) is 27.7 Å². The Bertz CT molecular complexity index is 187. The molecular weight excluding hydrogens is 230 g/mol. The highest BCUT2D eigenvalue weighted by atomic mass is 32.2. The zero-order valence-corrected chi connectivity index (χ0v) is 13.1. The van der Waals surface area contributed by atoms with Gasteiger partial charge in [0.15, 0.2) is 0 Å². The standard InChI is InChI=1S/C14H31NOS/c1-6-9-15-14(5,11-16)8-7-10-17-13(4)12(2)3/h12-13,15-16H,6-11H2,1-5H3. The number of hydrogen-bond acceptors (Lipinski definition) is 3. The number of thioether (sulfide) groups is 1. The van der Waals surface area contributed by atoms with Crippen LogP contribution in [0.2, 0.25) is 0 Å². The highest BCUT2D eigenvalue weighted by molar-refractivity contribution is 7.99. The van der Waals surface area contributed by atoms with Gasteiger partial charge >= 0.3 is 0 Å². The van der Waals surface area contributed by atoms with E-state index in [4.69, 9.17) is 0 Å². The normalized spacial score (nSPS) is 17.1. The van der Waals surface area contributed by atoms with Crippen LogP contribution in [0.4, 0.5) is 0 Å². The minimum absolute atomic E-state index is 0.0857. The number of rotatable bonds is 10. The van der Waals surface area contributed by atoms with E-state index >= 15 is 0 Å². The van der Waals surface area contributed by atoms with Crippen LogP contribution in [-0.2, 0) is 0 Å². The molecular formula is C14H31NOS. The van der Waals surface area contributed by atoms with E-state index < -0.39 is 0 Å². The molecule has 2 unspecified atom stereocenters. The molecule has 2 nitrogen and oxygen atoms in total. The van der Waals surface area contributed by atoms with Crippen LogP contribution in [0.5, 0.6) is 0 Å². The van der Waals surface area contributed by atoms with Gasteiger partial charge in [0.05, 0.1) is 6.61 Å². The zero-order chi connectivity index (χ0) is 13.3. The van der Waals surface area contributed by atoms with E-state index in [2.05, 4.69) is 51.7 Å². The van der Waals surface area contributed by atoms with Crippen LogP contribution in [0.25, 0.3) is 0 Å². The third kappa shape index (κ3) is 8.06. The summed E-state index contributed by atoms with van der Waals surface area (Å²) in [5.41, 5.74) is -0.0857. The highest BCUT2D eigenvalue weighted by Gasteiger charge is 2.21. The average molecular weight is 261 g/mol. The predicted octanol–water partition coefficient (Wildman–Crippen LogP) is 3.29. The Kier molecular flexibility index (Phi) is 9.38. The van der Waals surface area contributed by atoms with Crippen molar-refractivity contribution in [2.45, 2.75) is 64.7 Å². The fraction of sp³-hybridized carbons (Fsp3) is 1.00. The van der Waals surface area contributed by atoms with Gasteiger partial charge in [0.1, 0.15) is 0 Å². The smallest absolute Gasteiger partial charge is 0.0610 e. The summed E-state index contributed by atoms with van der Waals surface area (Å²) in [6.45, 7) is 12.4. The second-order valence-electron chi connectivity index (χ2n) is 5.57. The lowest BCUT2D eigenvalue weighted by Crippen LogP contribution is -2.46. The first-order valence-electron chi connectivity index (χ1n) is 6.92. The van der Waals surface area contributed by atoms with E-state index in [0.717, 1.165) is 30.6 Å². The Hall–Kier alpha value is 0.270. The van der Waals surface area contributed by atoms with Crippen molar-refractivity contribution in [3.05, 3.63) is 0 Å². The van der Waals surface area contributed by atoms with E-state index in [1.807, 2.05) is 0 Å². The fourth-order valence-electron chi connectivity index (χ4n) is 1.57. The van der Waals surface area contributed by atoms with Gasteiger partial charge in [0, 0.05) is 10.8 Å². The van der Waals surface area contributed by atoms with Crippen LogP contribution >= 0.6 is 11.8 Å². The van der Waals surface area contributed by atoms with E-state index in [1.54, 1.807) is 0 Å². The molecule has 0 fully saturated rings. The van der Waals surface area contributed by atoms with Crippen molar-refractivity contribution in [2.24, 2.45) is 5.92 Å². The van der Waals surface area contributed by atoms with E-state index in [1.165, 1.54) is 12.2 Å². The molecule has 0 spiro atoms. The van der Waals surface area contributed by atoms with Gasteiger partial charge < -0.3 is 10.4 Å². The van der Waals surface area contributed by atoms with Gasteiger partial charge in [-0.05, 0) is 44.4 Å². The Morgan fingerprint density at radius 3 is 2.41 bits per heavy atom. The zero-order valence-electron chi connectivity index (χ0n) is 12.3. The van der Waals surface area contributed by atoms with Gasteiger partial charge in [-0.2, -0.15) is 11.8 Å². The molecule has 0 radical (unpaired) electrons. The van der Waals surface area contributed by atoms with Crippen LogP contribution < -0.4 is 5.32 Å². The van der Waals surface area contributed by atoms with Crippen molar-refractivity contribution in [1.29, 1.82) is 0 Å². The maximum Gasteiger partial charge on any atom is 0.0610 e. The van der Waals surface area contributed by atoms with Crippen molar-refractivity contribution < 1.29 is 5.11 Å². The highest BCUT2D eigenvalue weighted by Crippen LogP contribution is 2.21. The third-order valence-electron chi connectivity index (χ3n) is 3.34. The molecule has 0 heterocycles.